The molecule has 0 spiro atoms. The van der Waals surface area contributed by atoms with Crippen molar-refractivity contribution in [1.29, 1.82) is 0 Å². The minimum Gasteiger partial charge on any atom is -0.481 e. The molecule has 0 saturated carbocycles. The lowest BCUT2D eigenvalue weighted by Gasteiger charge is -1.95. The topological polar surface area (TPSA) is 80.4 Å². The van der Waals surface area contributed by atoms with Crippen molar-refractivity contribution in [2.24, 2.45) is 0 Å². The third kappa shape index (κ3) is 1.79. The molecular weight excluding hydrogens is 210 g/mol. The van der Waals surface area contributed by atoms with E-state index in [0.717, 1.165) is 0 Å². The Balaban J connectivity index is 2.58. The van der Waals surface area contributed by atoms with Crippen molar-refractivity contribution in [3.05, 3.63) is 29.7 Å². The summed E-state index contributed by atoms with van der Waals surface area (Å²) in [4.78, 5) is 25.7. The van der Waals surface area contributed by atoms with Crippen LogP contribution in [-0.2, 0) is 11.2 Å². The fourth-order valence-electron chi connectivity index (χ4n) is 1.46. The number of carboxylic acids is 1. The lowest BCUT2D eigenvalue weighted by molar-refractivity contribution is -0.136. The lowest BCUT2D eigenvalue weighted by Crippen LogP contribution is -2.00. The van der Waals surface area contributed by atoms with Crippen LogP contribution in [0.15, 0.2) is 22.6 Å². The van der Waals surface area contributed by atoms with E-state index in [2.05, 4.69) is 4.98 Å². The molecule has 5 heteroatoms. The Morgan fingerprint density at radius 2 is 2.19 bits per heavy atom. The summed E-state index contributed by atoms with van der Waals surface area (Å²) in [5.41, 5.74) is 1.42. The number of hydrogen-bond donors (Lipinski definition) is 1. The Morgan fingerprint density at radius 3 is 2.81 bits per heavy atom. The van der Waals surface area contributed by atoms with Crippen molar-refractivity contribution in [1.82, 2.24) is 4.98 Å². The zero-order chi connectivity index (χ0) is 11.7. The Hall–Kier alpha value is -2.17. The maximum Gasteiger partial charge on any atom is 0.307 e. The second-order valence-electron chi connectivity index (χ2n) is 3.41. The van der Waals surface area contributed by atoms with Crippen LogP contribution in [0.1, 0.15) is 23.2 Å². The van der Waals surface area contributed by atoms with E-state index in [0.29, 0.717) is 16.7 Å². The number of carbonyl (C=O) groups is 2. The number of Topliss-reactive ketones (excluding diaryl/α,β-unsaturated/α-hetero) is 1. The summed E-state index contributed by atoms with van der Waals surface area (Å²) in [5.74, 6) is -1.22. The van der Waals surface area contributed by atoms with Crippen LogP contribution in [0.3, 0.4) is 0 Å². The summed E-state index contributed by atoms with van der Waals surface area (Å²) in [6, 6.07) is 4.98. The number of benzene rings is 1. The molecule has 1 heterocycles. The number of nitrogens with zero attached hydrogens (tertiary/aromatic N) is 1. The first-order valence-electron chi connectivity index (χ1n) is 4.69. The first-order valence-corrected chi connectivity index (χ1v) is 4.69. The highest BCUT2D eigenvalue weighted by molar-refractivity contribution is 5.93. The second-order valence-corrected chi connectivity index (χ2v) is 3.41. The highest BCUT2D eigenvalue weighted by Crippen LogP contribution is 2.20. The van der Waals surface area contributed by atoms with Crippen molar-refractivity contribution in [3.8, 4) is 0 Å². The van der Waals surface area contributed by atoms with Gasteiger partial charge in [0, 0.05) is 6.92 Å². The first-order chi connectivity index (χ1) is 7.58. The zero-order valence-electron chi connectivity index (χ0n) is 8.56. The average molecular weight is 219 g/mol. The predicted molar refractivity (Wildman–Crippen MR) is 55.4 cm³/mol. The van der Waals surface area contributed by atoms with Gasteiger partial charge in [-0.05, 0) is 11.6 Å². The molecule has 0 aliphatic heterocycles. The lowest BCUT2D eigenvalue weighted by atomic mass is 10.1. The van der Waals surface area contributed by atoms with E-state index in [1.165, 1.54) is 6.92 Å². The summed E-state index contributed by atoms with van der Waals surface area (Å²) >= 11 is 0. The number of carbonyl (C=O) groups excluding carboxylic acids is 1. The van der Waals surface area contributed by atoms with E-state index in [4.69, 9.17) is 9.52 Å². The molecule has 0 radical (unpaired) electrons. The molecule has 0 unspecified atom stereocenters. The first kappa shape index (κ1) is 10.4. The van der Waals surface area contributed by atoms with Crippen LogP contribution in [0, 0.1) is 0 Å². The van der Waals surface area contributed by atoms with Gasteiger partial charge in [-0.25, -0.2) is 4.98 Å². The van der Waals surface area contributed by atoms with Crippen LogP contribution in [0.2, 0.25) is 0 Å². The number of para-hydroxylation sites is 1. The molecule has 0 fully saturated rings. The van der Waals surface area contributed by atoms with E-state index >= 15 is 0 Å². The molecule has 2 rings (SSSR count). The number of fused-ring (bicyclic) bond motifs is 1. The van der Waals surface area contributed by atoms with Gasteiger partial charge in [0.05, 0.1) is 6.42 Å². The van der Waals surface area contributed by atoms with Gasteiger partial charge in [-0.2, -0.15) is 0 Å². The van der Waals surface area contributed by atoms with Gasteiger partial charge in [-0.15, -0.1) is 0 Å². The predicted octanol–water partition coefficient (Wildman–Crippen LogP) is 1.66. The molecule has 0 saturated heterocycles. The molecule has 0 bridgehead atoms. The van der Waals surface area contributed by atoms with Crippen molar-refractivity contribution in [2.75, 3.05) is 0 Å². The normalized spacial score (nSPS) is 10.6. The van der Waals surface area contributed by atoms with E-state index < -0.39 is 5.97 Å². The number of ketones is 1. The monoisotopic (exact) mass is 219 g/mol. The largest absolute Gasteiger partial charge is 0.481 e. The maximum atomic E-state index is 11.1. The molecule has 2 aromatic rings. The van der Waals surface area contributed by atoms with Gasteiger partial charge < -0.3 is 9.52 Å². The fourth-order valence-corrected chi connectivity index (χ4v) is 1.46. The zero-order valence-corrected chi connectivity index (χ0v) is 8.56. The summed E-state index contributed by atoms with van der Waals surface area (Å²) in [6.07, 6.45) is -0.138. The molecule has 0 amide bonds. The van der Waals surface area contributed by atoms with Crippen molar-refractivity contribution in [2.45, 2.75) is 13.3 Å². The number of aromatic nitrogens is 1. The van der Waals surface area contributed by atoms with E-state index in [1.54, 1.807) is 18.2 Å². The highest BCUT2D eigenvalue weighted by atomic mass is 16.4. The number of carboxylic acid groups (broad SMARTS) is 1. The van der Waals surface area contributed by atoms with Crippen LogP contribution in [-0.4, -0.2) is 21.8 Å². The Bertz CT molecular complexity index is 570. The minimum absolute atomic E-state index is 0.00726. The van der Waals surface area contributed by atoms with Gasteiger partial charge >= 0.3 is 5.97 Å². The summed E-state index contributed by atoms with van der Waals surface area (Å²) < 4.78 is 5.20. The van der Waals surface area contributed by atoms with Gasteiger partial charge in [0.15, 0.2) is 5.58 Å². The fraction of sp³-hybridized carbons (Fsp3) is 0.182. The van der Waals surface area contributed by atoms with Crippen molar-refractivity contribution >= 4 is 22.9 Å². The van der Waals surface area contributed by atoms with Crippen LogP contribution < -0.4 is 0 Å². The second kappa shape index (κ2) is 3.77. The molecule has 1 aromatic heterocycles. The number of rotatable bonds is 3. The molecule has 1 aromatic carbocycles. The number of hydrogen-bond acceptors (Lipinski definition) is 4. The Kier molecular flexibility index (Phi) is 2.44. The van der Waals surface area contributed by atoms with Gasteiger partial charge in [0.2, 0.25) is 5.78 Å². The molecule has 1 N–H and O–H groups in total. The molecule has 0 aliphatic carbocycles. The third-order valence-electron chi connectivity index (χ3n) is 2.15. The van der Waals surface area contributed by atoms with Crippen LogP contribution in [0.5, 0.6) is 0 Å². The van der Waals surface area contributed by atoms with E-state index in [-0.39, 0.29) is 18.1 Å². The van der Waals surface area contributed by atoms with Crippen LogP contribution >= 0.6 is 0 Å². The van der Waals surface area contributed by atoms with Gasteiger partial charge in [0.1, 0.15) is 5.52 Å². The summed E-state index contributed by atoms with van der Waals surface area (Å²) in [5, 5.41) is 8.72. The molecule has 82 valence electrons. The van der Waals surface area contributed by atoms with E-state index in [1.807, 2.05) is 0 Å². The highest BCUT2D eigenvalue weighted by Gasteiger charge is 2.13. The number of oxazole rings is 1. The Morgan fingerprint density at radius 1 is 1.44 bits per heavy atom. The summed E-state index contributed by atoms with van der Waals surface area (Å²) in [7, 11) is 0. The Labute approximate surface area is 90.7 Å². The SMILES string of the molecule is CC(=O)c1nc2c(CC(=O)O)cccc2o1. The molecule has 0 atom stereocenters. The minimum atomic E-state index is -0.945. The standard InChI is InChI=1S/C11H9NO4/c1-6(13)11-12-10-7(5-9(14)15)3-2-4-8(10)16-11/h2-4H,5H2,1H3,(H,14,15). The van der Waals surface area contributed by atoms with Gasteiger partial charge in [-0.3, -0.25) is 9.59 Å². The van der Waals surface area contributed by atoms with Crippen molar-refractivity contribution < 1.29 is 19.1 Å². The molecule has 0 aliphatic rings. The quantitative estimate of drug-likeness (QED) is 0.794. The smallest absolute Gasteiger partial charge is 0.307 e. The van der Waals surface area contributed by atoms with Gasteiger partial charge in [-0.1, -0.05) is 12.1 Å². The van der Waals surface area contributed by atoms with E-state index in [9.17, 15) is 9.59 Å². The number of aliphatic carboxylic acids is 1. The van der Waals surface area contributed by atoms with Crippen molar-refractivity contribution in [3.63, 3.8) is 0 Å². The molecular formula is C11H9NO4. The molecule has 16 heavy (non-hydrogen) atoms. The van der Waals surface area contributed by atoms with Crippen LogP contribution in [0.4, 0.5) is 0 Å². The summed E-state index contributed by atoms with van der Waals surface area (Å²) in [6.45, 7) is 1.35. The maximum absolute atomic E-state index is 11.1. The molecule has 5 nitrogen and oxygen atoms in total. The van der Waals surface area contributed by atoms with Gasteiger partial charge in [0.25, 0.3) is 5.89 Å². The third-order valence-corrected chi connectivity index (χ3v) is 2.15. The average Bonchev–Trinajstić information content (AvgIpc) is 2.61. The van der Waals surface area contributed by atoms with Crippen LogP contribution in [0.25, 0.3) is 11.1 Å².